The second-order valence-corrected chi connectivity index (χ2v) is 9.34. The lowest BCUT2D eigenvalue weighted by atomic mass is 9.92. The van der Waals surface area contributed by atoms with E-state index >= 15 is 0 Å². The van der Waals surface area contributed by atoms with Crippen molar-refractivity contribution in [3.63, 3.8) is 0 Å². The third-order valence-corrected chi connectivity index (χ3v) is 6.58. The van der Waals surface area contributed by atoms with Crippen LogP contribution in [0.25, 0.3) is 38.3 Å². The van der Waals surface area contributed by atoms with Gasteiger partial charge in [-0.1, -0.05) is 88.4 Å². The Morgan fingerprint density at radius 3 is 2.07 bits per heavy atom. The second kappa shape index (κ2) is 7.24. The molecule has 0 bridgehead atoms. The van der Waals surface area contributed by atoms with Gasteiger partial charge in [0, 0.05) is 5.39 Å². The number of para-hydroxylation sites is 1. The van der Waals surface area contributed by atoms with Crippen molar-refractivity contribution in [3.05, 3.63) is 82.6 Å². The fourth-order valence-corrected chi connectivity index (χ4v) is 5.15. The number of aromatic nitrogens is 2. The quantitative estimate of drug-likeness (QED) is 0.249. The first kappa shape index (κ1) is 19.3. The average molecular weight is 457 g/mol. The Balaban J connectivity index is 2.03. The lowest BCUT2D eigenvalue weighted by Gasteiger charge is -2.22. The van der Waals surface area contributed by atoms with Crippen LogP contribution in [0.3, 0.4) is 0 Å². The Hall–Kier alpha value is -2.65. The molecule has 0 N–H and O–H groups in total. The first-order valence-electron chi connectivity index (χ1n) is 10.6. The van der Waals surface area contributed by atoms with Gasteiger partial charge in [-0.3, -0.25) is 4.57 Å². The summed E-state index contributed by atoms with van der Waals surface area (Å²) in [5.74, 6) is 0.824. The van der Waals surface area contributed by atoms with E-state index < -0.39 is 0 Å². The Morgan fingerprint density at radius 1 is 0.733 bits per heavy atom. The van der Waals surface area contributed by atoms with Crippen molar-refractivity contribution in [1.82, 2.24) is 9.55 Å². The minimum atomic E-state index is 0.412. The number of benzene rings is 4. The Morgan fingerprint density at radius 2 is 1.37 bits per heavy atom. The first-order valence-corrected chi connectivity index (χ1v) is 11.4. The summed E-state index contributed by atoms with van der Waals surface area (Å²) in [6.07, 6.45) is 0. The minimum absolute atomic E-state index is 0.412. The van der Waals surface area contributed by atoms with Crippen LogP contribution in [-0.2, 0) is 0 Å². The van der Waals surface area contributed by atoms with E-state index in [9.17, 15) is 0 Å². The average Bonchev–Trinajstić information content (AvgIpc) is 3.08. The molecule has 0 atom stereocenters. The summed E-state index contributed by atoms with van der Waals surface area (Å²) >= 11 is 3.81. The Labute approximate surface area is 185 Å². The molecule has 5 rings (SSSR count). The van der Waals surface area contributed by atoms with Crippen LogP contribution in [0.1, 0.15) is 50.7 Å². The van der Waals surface area contributed by atoms with E-state index in [4.69, 9.17) is 4.98 Å². The monoisotopic (exact) mass is 456 g/mol. The van der Waals surface area contributed by atoms with Crippen molar-refractivity contribution < 1.29 is 0 Å². The van der Waals surface area contributed by atoms with Gasteiger partial charge in [-0.15, -0.1) is 0 Å². The number of imidazole rings is 1. The van der Waals surface area contributed by atoms with E-state index in [0.29, 0.717) is 11.8 Å². The zero-order valence-electron chi connectivity index (χ0n) is 17.8. The number of halogens is 1. The molecule has 30 heavy (non-hydrogen) atoms. The highest BCUT2D eigenvalue weighted by Crippen LogP contribution is 2.39. The summed E-state index contributed by atoms with van der Waals surface area (Å²) < 4.78 is 3.20. The predicted molar refractivity (Wildman–Crippen MR) is 132 cm³/mol. The summed E-state index contributed by atoms with van der Waals surface area (Å²) in [5, 5.41) is 5.02. The van der Waals surface area contributed by atoms with E-state index in [0.717, 1.165) is 10.3 Å². The lowest BCUT2D eigenvalue weighted by Crippen LogP contribution is -2.07. The molecule has 1 heterocycles. The first-order chi connectivity index (χ1) is 14.5. The van der Waals surface area contributed by atoms with Gasteiger partial charge in [0.1, 0.15) is 0 Å². The van der Waals surface area contributed by atoms with Crippen LogP contribution in [0.2, 0.25) is 0 Å². The topological polar surface area (TPSA) is 17.8 Å². The summed E-state index contributed by atoms with van der Waals surface area (Å²) in [6, 6.07) is 24.1. The van der Waals surface area contributed by atoms with Crippen LogP contribution in [0.5, 0.6) is 0 Å². The number of rotatable bonds is 3. The molecule has 0 spiro atoms. The maximum atomic E-state index is 4.93. The molecule has 0 aliphatic carbocycles. The molecule has 4 aromatic carbocycles. The van der Waals surface area contributed by atoms with E-state index in [1.54, 1.807) is 0 Å². The van der Waals surface area contributed by atoms with Gasteiger partial charge >= 0.3 is 0 Å². The maximum absolute atomic E-state index is 4.93. The largest absolute Gasteiger partial charge is 0.286 e. The van der Waals surface area contributed by atoms with Crippen molar-refractivity contribution in [1.29, 1.82) is 0 Å². The molecule has 150 valence electrons. The van der Waals surface area contributed by atoms with Crippen molar-refractivity contribution in [2.24, 2.45) is 0 Å². The Kier molecular flexibility index (Phi) is 4.67. The van der Waals surface area contributed by atoms with Gasteiger partial charge in [-0.25, -0.2) is 4.98 Å². The van der Waals surface area contributed by atoms with Crippen LogP contribution in [0, 0.1) is 0 Å². The van der Waals surface area contributed by atoms with Crippen LogP contribution >= 0.6 is 15.9 Å². The lowest BCUT2D eigenvalue weighted by molar-refractivity contribution is 0.806. The van der Waals surface area contributed by atoms with Crippen molar-refractivity contribution in [2.45, 2.75) is 39.5 Å². The SMILES string of the molecule is CC(C)c1cccc(C(C)C)c1-n1c(Br)nc2ccc3ccc4ccccc4c3c21. The zero-order chi connectivity index (χ0) is 21.0. The van der Waals surface area contributed by atoms with E-state index in [2.05, 4.69) is 115 Å². The van der Waals surface area contributed by atoms with Gasteiger partial charge in [-0.05, 0) is 61.1 Å². The maximum Gasteiger partial charge on any atom is 0.182 e. The number of hydrogen-bond acceptors (Lipinski definition) is 1. The van der Waals surface area contributed by atoms with Gasteiger partial charge in [0.05, 0.1) is 16.7 Å². The molecular weight excluding hydrogens is 432 g/mol. The van der Waals surface area contributed by atoms with Gasteiger partial charge in [-0.2, -0.15) is 0 Å². The molecule has 2 nitrogen and oxygen atoms in total. The summed E-state index contributed by atoms with van der Waals surface area (Å²) in [5.41, 5.74) is 6.14. The van der Waals surface area contributed by atoms with E-state index in [-0.39, 0.29) is 0 Å². The summed E-state index contributed by atoms with van der Waals surface area (Å²) in [7, 11) is 0. The molecule has 0 fully saturated rings. The molecule has 0 aliphatic heterocycles. The molecule has 1 aromatic heterocycles. The predicted octanol–water partition coefficient (Wildman–Crippen LogP) is 8.34. The van der Waals surface area contributed by atoms with Gasteiger partial charge in [0.15, 0.2) is 4.73 Å². The highest BCUT2D eigenvalue weighted by Gasteiger charge is 2.22. The van der Waals surface area contributed by atoms with Crippen LogP contribution in [-0.4, -0.2) is 9.55 Å². The van der Waals surface area contributed by atoms with Crippen LogP contribution < -0.4 is 0 Å². The number of nitrogens with zero attached hydrogens (tertiary/aromatic N) is 2. The standard InChI is InChI=1S/C27H25BrN2/c1-16(2)20-10-7-11-21(17(3)4)25(20)30-26-23(29-27(30)28)15-14-19-13-12-18-8-5-6-9-22(18)24(19)26/h5-17H,1-4H3. The molecule has 0 unspecified atom stereocenters. The van der Waals surface area contributed by atoms with Crippen molar-refractivity contribution in [3.8, 4) is 5.69 Å². The van der Waals surface area contributed by atoms with Gasteiger partial charge in [0.25, 0.3) is 0 Å². The van der Waals surface area contributed by atoms with Crippen LogP contribution in [0.4, 0.5) is 0 Å². The minimum Gasteiger partial charge on any atom is -0.286 e. The fourth-order valence-electron chi connectivity index (χ4n) is 4.60. The van der Waals surface area contributed by atoms with E-state index in [1.807, 2.05) is 0 Å². The fraction of sp³-hybridized carbons (Fsp3) is 0.222. The summed E-state index contributed by atoms with van der Waals surface area (Å²) in [4.78, 5) is 4.93. The molecule has 0 aliphatic rings. The number of fused-ring (bicyclic) bond motifs is 5. The van der Waals surface area contributed by atoms with Gasteiger partial charge in [0.2, 0.25) is 0 Å². The molecule has 0 saturated heterocycles. The van der Waals surface area contributed by atoms with Gasteiger partial charge < -0.3 is 0 Å². The van der Waals surface area contributed by atoms with Crippen molar-refractivity contribution >= 4 is 48.5 Å². The van der Waals surface area contributed by atoms with E-state index in [1.165, 1.54) is 43.9 Å². The smallest absolute Gasteiger partial charge is 0.182 e. The third-order valence-electron chi connectivity index (χ3n) is 6.05. The normalized spacial score (nSPS) is 12.1. The molecule has 0 amide bonds. The van der Waals surface area contributed by atoms with Crippen molar-refractivity contribution in [2.75, 3.05) is 0 Å². The molecular formula is C27H25BrN2. The molecule has 0 radical (unpaired) electrons. The second-order valence-electron chi connectivity index (χ2n) is 8.63. The third kappa shape index (κ3) is 2.87. The number of hydrogen-bond donors (Lipinski definition) is 0. The summed E-state index contributed by atoms with van der Waals surface area (Å²) in [6.45, 7) is 9.07. The highest BCUT2D eigenvalue weighted by molar-refractivity contribution is 9.10. The zero-order valence-corrected chi connectivity index (χ0v) is 19.4. The Bertz CT molecular complexity index is 1380. The highest BCUT2D eigenvalue weighted by atomic mass is 79.9. The molecule has 5 aromatic rings. The van der Waals surface area contributed by atoms with Crippen LogP contribution in [0.15, 0.2) is 71.5 Å². The molecule has 3 heteroatoms. The molecule has 0 saturated carbocycles.